The summed E-state index contributed by atoms with van der Waals surface area (Å²) in [6, 6.07) is 13.9. The first-order valence-electron chi connectivity index (χ1n) is 8.25. The van der Waals surface area contributed by atoms with Crippen LogP contribution in [0.5, 0.6) is 0 Å². The van der Waals surface area contributed by atoms with Crippen LogP contribution < -0.4 is 0 Å². The second kappa shape index (κ2) is 7.26. The van der Waals surface area contributed by atoms with E-state index in [1.807, 2.05) is 38.1 Å². The quantitative estimate of drug-likeness (QED) is 0.484. The highest BCUT2D eigenvalue weighted by molar-refractivity contribution is 6.30. The van der Waals surface area contributed by atoms with Gasteiger partial charge in [0.05, 0.1) is 11.1 Å². The molecule has 0 aliphatic rings. The van der Waals surface area contributed by atoms with Crippen molar-refractivity contribution in [2.24, 2.45) is 0 Å². The van der Waals surface area contributed by atoms with Crippen LogP contribution >= 0.6 is 11.6 Å². The smallest absolute Gasteiger partial charge is 0.339 e. The molecule has 0 saturated heterocycles. The van der Waals surface area contributed by atoms with Crippen molar-refractivity contribution in [1.82, 2.24) is 4.98 Å². The number of ether oxygens (including phenoxy) is 1. The first-order chi connectivity index (χ1) is 12.4. The lowest BCUT2D eigenvalue weighted by atomic mass is 10.0. The number of halogens is 1. The van der Waals surface area contributed by atoms with Crippen molar-refractivity contribution in [3.05, 3.63) is 75.9 Å². The zero-order chi connectivity index (χ0) is 18.8. The number of pyridine rings is 1. The molecule has 0 spiro atoms. The molecule has 1 atom stereocenters. The van der Waals surface area contributed by atoms with Gasteiger partial charge in [0.1, 0.15) is 0 Å². The predicted molar refractivity (Wildman–Crippen MR) is 102 cm³/mol. The Morgan fingerprint density at radius 2 is 1.69 bits per heavy atom. The minimum absolute atomic E-state index is 0.275. The van der Waals surface area contributed by atoms with Crippen molar-refractivity contribution in [2.45, 2.75) is 26.9 Å². The number of hydrogen-bond acceptors (Lipinski definition) is 4. The molecular weight excluding hydrogens is 350 g/mol. The van der Waals surface area contributed by atoms with E-state index in [1.165, 1.54) is 0 Å². The van der Waals surface area contributed by atoms with Gasteiger partial charge in [0.15, 0.2) is 6.10 Å². The summed E-state index contributed by atoms with van der Waals surface area (Å²) in [5.74, 6) is -0.804. The molecule has 0 bridgehead atoms. The molecule has 1 heterocycles. The van der Waals surface area contributed by atoms with Crippen molar-refractivity contribution in [3.8, 4) is 0 Å². The number of esters is 1. The van der Waals surface area contributed by atoms with Gasteiger partial charge in [-0.25, -0.2) is 4.79 Å². The monoisotopic (exact) mass is 367 g/mol. The average molecular weight is 368 g/mol. The van der Waals surface area contributed by atoms with Crippen LogP contribution in [0.4, 0.5) is 0 Å². The molecule has 0 amide bonds. The molecule has 1 aromatic heterocycles. The number of aromatic nitrogens is 1. The maximum atomic E-state index is 12.8. The predicted octanol–water partition coefficient (Wildman–Crippen LogP) is 4.93. The summed E-state index contributed by atoms with van der Waals surface area (Å²) in [6.45, 7) is 5.25. The highest BCUT2D eigenvalue weighted by Gasteiger charge is 2.23. The molecular formula is C21H18ClNO3. The number of aryl methyl sites for hydroxylation is 1. The minimum Gasteiger partial charge on any atom is -0.451 e. The van der Waals surface area contributed by atoms with Crippen LogP contribution in [0.15, 0.2) is 48.5 Å². The van der Waals surface area contributed by atoms with Crippen LogP contribution in [0, 0.1) is 13.8 Å². The number of benzene rings is 2. The van der Waals surface area contributed by atoms with E-state index in [0.717, 1.165) is 16.8 Å². The van der Waals surface area contributed by atoms with Crippen LogP contribution in [0.25, 0.3) is 10.9 Å². The van der Waals surface area contributed by atoms with E-state index in [0.29, 0.717) is 21.5 Å². The molecule has 3 rings (SSSR count). The Morgan fingerprint density at radius 1 is 1.04 bits per heavy atom. The second-order valence-electron chi connectivity index (χ2n) is 6.13. The number of ketones is 1. The van der Waals surface area contributed by atoms with Crippen LogP contribution in [0.2, 0.25) is 5.02 Å². The number of fused-ring (bicyclic) bond motifs is 1. The van der Waals surface area contributed by atoms with Crippen molar-refractivity contribution < 1.29 is 14.3 Å². The Morgan fingerprint density at radius 3 is 2.38 bits per heavy atom. The lowest BCUT2D eigenvalue weighted by molar-refractivity contribution is 0.0320. The standard InChI is InChI=1S/C21H18ClNO3/c1-12-13(2)23-18-7-5-4-6-17(18)19(12)21(25)26-14(3)20(24)15-8-10-16(22)11-9-15/h4-11,14H,1-3H3/t14-/m1/s1. The number of rotatable bonds is 4. The van der Waals surface area contributed by atoms with E-state index >= 15 is 0 Å². The maximum Gasteiger partial charge on any atom is 0.339 e. The van der Waals surface area contributed by atoms with Gasteiger partial charge in [-0.3, -0.25) is 9.78 Å². The topological polar surface area (TPSA) is 56.3 Å². The molecule has 0 fully saturated rings. The number of Topliss-reactive ketones (excluding diaryl/α,β-unsaturated/α-hetero) is 1. The van der Waals surface area contributed by atoms with Crippen molar-refractivity contribution in [2.75, 3.05) is 0 Å². The van der Waals surface area contributed by atoms with E-state index in [4.69, 9.17) is 16.3 Å². The zero-order valence-corrected chi connectivity index (χ0v) is 15.5. The normalized spacial score (nSPS) is 12.0. The lowest BCUT2D eigenvalue weighted by Crippen LogP contribution is -2.25. The molecule has 2 aromatic carbocycles. The highest BCUT2D eigenvalue weighted by Crippen LogP contribution is 2.24. The maximum absolute atomic E-state index is 12.8. The van der Waals surface area contributed by atoms with Crippen LogP contribution in [0.1, 0.15) is 38.9 Å². The van der Waals surface area contributed by atoms with E-state index in [9.17, 15) is 9.59 Å². The molecule has 0 radical (unpaired) electrons. The third-order valence-corrected chi connectivity index (χ3v) is 4.62. The SMILES string of the molecule is Cc1nc2ccccc2c(C(=O)O[C@H](C)C(=O)c2ccc(Cl)cc2)c1C. The minimum atomic E-state index is -0.907. The summed E-state index contributed by atoms with van der Waals surface area (Å²) in [5.41, 5.74) is 3.12. The highest BCUT2D eigenvalue weighted by atomic mass is 35.5. The molecule has 0 unspecified atom stereocenters. The fourth-order valence-corrected chi connectivity index (χ4v) is 2.94. The fraction of sp³-hybridized carbons (Fsp3) is 0.190. The van der Waals surface area contributed by atoms with Crippen LogP contribution in [0.3, 0.4) is 0 Å². The molecule has 4 nitrogen and oxygen atoms in total. The Kier molecular flexibility index (Phi) is 5.05. The molecule has 5 heteroatoms. The number of nitrogens with zero attached hydrogens (tertiary/aromatic N) is 1. The summed E-state index contributed by atoms with van der Waals surface area (Å²) in [5, 5.41) is 1.26. The number of hydrogen-bond donors (Lipinski definition) is 0. The van der Waals surface area contributed by atoms with E-state index in [2.05, 4.69) is 4.98 Å². The Balaban J connectivity index is 1.90. The summed E-state index contributed by atoms with van der Waals surface area (Å²) in [4.78, 5) is 29.8. The van der Waals surface area contributed by atoms with Crippen molar-refractivity contribution in [3.63, 3.8) is 0 Å². The van der Waals surface area contributed by atoms with E-state index < -0.39 is 12.1 Å². The molecule has 0 aliphatic heterocycles. The molecule has 0 N–H and O–H groups in total. The summed E-state index contributed by atoms with van der Waals surface area (Å²) in [7, 11) is 0. The molecule has 0 saturated carbocycles. The summed E-state index contributed by atoms with van der Waals surface area (Å²) >= 11 is 5.85. The van der Waals surface area contributed by atoms with Gasteiger partial charge >= 0.3 is 5.97 Å². The van der Waals surface area contributed by atoms with Gasteiger partial charge in [0.2, 0.25) is 5.78 Å². The van der Waals surface area contributed by atoms with Crippen LogP contribution in [-0.2, 0) is 4.74 Å². The number of para-hydroxylation sites is 1. The lowest BCUT2D eigenvalue weighted by Gasteiger charge is -2.16. The number of carbonyl (C=O) groups excluding carboxylic acids is 2. The third-order valence-electron chi connectivity index (χ3n) is 4.37. The van der Waals surface area contributed by atoms with E-state index in [-0.39, 0.29) is 5.78 Å². The first-order valence-corrected chi connectivity index (χ1v) is 8.63. The van der Waals surface area contributed by atoms with Gasteiger partial charge in [0, 0.05) is 21.7 Å². The Hall–Kier alpha value is -2.72. The molecule has 26 heavy (non-hydrogen) atoms. The largest absolute Gasteiger partial charge is 0.451 e. The second-order valence-corrected chi connectivity index (χ2v) is 6.57. The van der Waals surface area contributed by atoms with E-state index in [1.54, 1.807) is 31.2 Å². The van der Waals surface area contributed by atoms with Crippen molar-refractivity contribution >= 4 is 34.3 Å². The fourth-order valence-electron chi connectivity index (χ4n) is 2.81. The Labute approximate surface area is 156 Å². The van der Waals surface area contributed by atoms with Gasteiger partial charge in [0.25, 0.3) is 0 Å². The molecule has 3 aromatic rings. The van der Waals surface area contributed by atoms with Gasteiger partial charge in [-0.15, -0.1) is 0 Å². The summed E-state index contributed by atoms with van der Waals surface area (Å²) in [6.07, 6.45) is -0.907. The first kappa shape index (κ1) is 18.1. The van der Waals surface area contributed by atoms with Crippen LogP contribution in [-0.4, -0.2) is 22.8 Å². The third kappa shape index (κ3) is 3.46. The van der Waals surface area contributed by atoms with Crippen molar-refractivity contribution in [1.29, 1.82) is 0 Å². The Bertz CT molecular complexity index is 996. The van der Waals surface area contributed by atoms with Gasteiger partial charge in [-0.05, 0) is 56.7 Å². The summed E-state index contributed by atoms with van der Waals surface area (Å²) < 4.78 is 5.48. The number of carbonyl (C=O) groups is 2. The molecule has 132 valence electrons. The zero-order valence-electron chi connectivity index (χ0n) is 14.7. The van der Waals surface area contributed by atoms with Gasteiger partial charge < -0.3 is 4.74 Å². The van der Waals surface area contributed by atoms with Gasteiger partial charge in [-0.1, -0.05) is 29.8 Å². The average Bonchev–Trinajstić information content (AvgIpc) is 2.62. The molecule has 0 aliphatic carbocycles. The van der Waals surface area contributed by atoms with Gasteiger partial charge in [-0.2, -0.15) is 0 Å².